The highest BCUT2D eigenvalue weighted by Gasteiger charge is 2.34. The first kappa shape index (κ1) is 16.9. The van der Waals surface area contributed by atoms with E-state index in [0.29, 0.717) is 11.8 Å². The Morgan fingerprint density at radius 2 is 1.53 bits per heavy atom. The Morgan fingerprint density at radius 1 is 1.06 bits per heavy atom. The molecule has 0 bridgehead atoms. The van der Waals surface area contributed by atoms with Crippen LogP contribution in [0.2, 0.25) is 0 Å². The first-order valence-electron chi connectivity index (χ1n) is 7.29. The molecule has 0 spiro atoms. The van der Waals surface area contributed by atoms with E-state index in [-0.39, 0.29) is 5.54 Å². The maximum Gasteiger partial charge on any atom is 0.0333 e. The van der Waals surface area contributed by atoms with E-state index in [1.54, 1.807) is 0 Å². The van der Waals surface area contributed by atoms with E-state index >= 15 is 0 Å². The minimum atomic E-state index is 0.206. The van der Waals surface area contributed by atoms with Crippen LogP contribution >= 0.6 is 0 Å². The summed E-state index contributed by atoms with van der Waals surface area (Å²) in [6.45, 7) is 13.4. The first-order valence-corrected chi connectivity index (χ1v) is 7.29. The van der Waals surface area contributed by atoms with Crippen LogP contribution in [-0.4, -0.2) is 30.6 Å². The molecule has 104 valence electrons. The number of rotatable bonds is 9. The predicted octanol–water partition coefficient (Wildman–Crippen LogP) is 3.51. The second-order valence-electron chi connectivity index (χ2n) is 6.40. The second-order valence-corrected chi connectivity index (χ2v) is 6.40. The molecule has 0 heterocycles. The van der Waals surface area contributed by atoms with Gasteiger partial charge >= 0.3 is 0 Å². The summed E-state index contributed by atoms with van der Waals surface area (Å²) in [6.07, 6.45) is 4.95. The van der Waals surface area contributed by atoms with Gasteiger partial charge in [-0.3, -0.25) is 4.90 Å². The highest BCUT2D eigenvalue weighted by atomic mass is 15.2. The van der Waals surface area contributed by atoms with Gasteiger partial charge in [-0.25, -0.2) is 0 Å². The largest absolute Gasteiger partial charge is 0.329 e. The van der Waals surface area contributed by atoms with Crippen LogP contribution in [0.15, 0.2) is 0 Å². The van der Waals surface area contributed by atoms with E-state index in [2.05, 4.69) is 46.6 Å². The summed E-state index contributed by atoms with van der Waals surface area (Å²) in [6, 6.07) is 0. The molecule has 2 N–H and O–H groups in total. The summed E-state index contributed by atoms with van der Waals surface area (Å²) >= 11 is 0. The van der Waals surface area contributed by atoms with E-state index in [1.165, 1.54) is 32.2 Å². The lowest BCUT2D eigenvalue weighted by Crippen LogP contribution is -2.54. The van der Waals surface area contributed by atoms with Crippen LogP contribution in [0.25, 0.3) is 0 Å². The van der Waals surface area contributed by atoms with Crippen LogP contribution in [-0.2, 0) is 0 Å². The molecule has 0 aromatic carbocycles. The fourth-order valence-corrected chi connectivity index (χ4v) is 2.87. The quantitative estimate of drug-likeness (QED) is 0.670. The molecule has 0 amide bonds. The van der Waals surface area contributed by atoms with Gasteiger partial charge in [-0.15, -0.1) is 0 Å². The van der Waals surface area contributed by atoms with Gasteiger partial charge in [0.25, 0.3) is 0 Å². The number of unbranched alkanes of at least 4 members (excludes halogenated alkanes) is 1. The molecule has 0 aliphatic carbocycles. The van der Waals surface area contributed by atoms with Gasteiger partial charge in [0.05, 0.1) is 0 Å². The summed E-state index contributed by atoms with van der Waals surface area (Å²) in [5.41, 5.74) is 6.34. The van der Waals surface area contributed by atoms with Gasteiger partial charge in [0.2, 0.25) is 0 Å². The van der Waals surface area contributed by atoms with Gasteiger partial charge in [0.1, 0.15) is 0 Å². The Labute approximate surface area is 109 Å². The fraction of sp³-hybridized carbons (Fsp3) is 1.00. The molecular weight excluding hydrogens is 208 g/mol. The zero-order valence-corrected chi connectivity index (χ0v) is 12.9. The van der Waals surface area contributed by atoms with E-state index < -0.39 is 0 Å². The Morgan fingerprint density at radius 3 is 1.82 bits per heavy atom. The van der Waals surface area contributed by atoms with E-state index in [1.807, 2.05) is 0 Å². The molecule has 0 saturated heterocycles. The van der Waals surface area contributed by atoms with Crippen molar-refractivity contribution in [2.75, 3.05) is 20.1 Å². The number of hydrogen-bond acceptors (Lipinski definition) is 2. The summed E-state index contributed by atoms with van der Waals surface area (Å²) in [5, 5.41) is 0. The number of nitrogens with zero attached hydrogens (tertiary/aromatic N) is 1. The van der Waals surface area contributed by atoms with Crippen molar-refractivity contribution in [2.45, 2.75) is 65.8 Å². The van der Waals surface area contributed by atoms with Crippen LogP contribution in [0.5, 0.6) is 0 Å². The Kier molecular flexibility index (Phi) is 8.06. The Bertz CT molecular complexity index is 177. The maximum atomic E-state index is 6.14. The van der Waals surface area contributed by atoms with Crippen LogP contribution < -0.4 is 5.73 Å². The molecule has 0 saturated carbocycles. The van der Waals surface area contributed by atoms with Crippen molar-refractivity contribution < 1.29 is 0 Å². The van der Waals surface area contributed by atoms with Crippen LogP contribution in [0, 0.1) is 11.8 Å². The maximum absolute atomic E-state index is 6.14. The molecule has 2 heteroatoms. The molecule has 0 aliphatic rings. The topological polar surface area (TPSA) is 29.3 Å². The monoisotopic (exact) mass is 242 g/mol. The molecule has 0 unspecified atom stereocenters. The lowest BCUT2D eigenvalue weighted by atomic mass is 9.80. The SMILES string of the molecule is CCCCN(C)C(CN)(CC(C)C)CC(C)C. The van der Waals surface area contributed by atoms with Gasteiger partial charge in [-0.05, 0) is 44.7 Å². The normalized spacial score (nSPS) is 13.1. The van der Waals surface area contributed by atoms with Gasteiger partial charge < -0.3 is 5.73 Å². The summed E-state index contributed by atoms with van der Waals surface area (Å²) in [4.78, 5) is 2.52. The molecule has 0 radical (unpaired) electrons. The number of hydrogen-bond donors (Lipinski definition) is 1. The Balaban J connectivity index is 4.75. The van der Waals surface area contributed by atoms with Gasteiger partial charge in [-0.2, -0.15) is 0 Å². The van der Waals surface area contributed by atoms with Gasteiger partial charge in [0.15, 0.2) is 0 Å². The average molecular weight is 242 g/mol. The van der Waals surface area contributed by atoms with E-state index in [9.17, 15) is 0 Å². The molecule has 0 rings (SSSR count). The third kappa shape index (κ3) is 5.87. The van der Waals surface area contributed by atoms with Crippen molar-refractivity contribution in [3.05, 3.63) is 0 Å². The minimum Gasteiger partial charge on any atom is -0.329 e. The molecule has 0 fully saturated rings. The second kappa shape index (κ2) is 8.10. The molecular formula is C15H34N2. The van der Waals surface area contributed by atoms with E-state index in [0.717, 1.165) is 6.54 Å². The van der Waals surface area contributed by atoms with Crippen LogP contribution in [0.3, 0.4) is 0 Å². The first-order chi connectivity index (χ1) is 7.88. The third-order valence-electron chi connectivity index (χ3n) is 3.61. The highest BCUT2D eigenvalue weighted by molar-refractivity contribution is 4.92. The van der Waals surface area contributed by atoms with Crippen LogP contribution in [0.4, 0.5) is 0 Å². The fourth-order valence-electron chi connectivity index (χ4n) is 2.87. The zero-order chi connectivity index (χ0) is 13.5. The lowest BCUT2D eigenvalue weighted by Gasteiger charge is -2.44. The van der Waals surface area contributed by atoms with Gasteiger partial charge in [-0.1, -0.05) is 41.0 Å². The summed E-state index contributed by atoms with van der Waals surface area (Å²) < 4.78 is 0. The third-order valence-corrected chi connectivity index (χ3v) is 3.61. The smallest absolute Gasteiger partial charge is 0.0333 e. The van der Waals surface area contributed by atoms with Crippen molar-refractivity contribution in [1.29, 1.82) is 0 Å². The number of nitrogens with two attached hydrogens (primary N) is 1. The minimum absolute atomic E-state index is 0.206. The average Bonchev–Trinajstić information content (AvgIpc) is 2.23. The zero-order valence-electron chi connectivity index (χ0n) is 12.9. The molecule has 0 aromatic rings. The predicted molar refractivity (Wildman–Crippen MR) is 78.2 cm³/mol. The highest BCUT2D eigenvalue weighted by Crippen LogP contribution is 2.29. The summed E-state index contributed by atoms with van der Waals surface area (Å²) in [7, 11) is 2.26. The van der Waals surface area contributed by atoms with Crippen LogP contribution in [0.1, 0.15) is 60.3 Å². The van der Waals surface area contributed by atoms with Crippen molar-refractivity contribution in [2.24, 2.45) is 17.6 Å². The number of likely N-dealkylation sites (N-methyl/N-ethyl adjacent to an activating group) is 1. The Hall–Kier alpha value is -0.0800. The van der Waals surface area contributed by atoms with Crippen molar-refractivity contribution in [1.82, 2.24) is 4.90 Å². The molecule has 0 atom stereocenters. The standard InChI is InChI=1S/C15H34N2/c1-7-8-9-17(6)15(12-16,10-13(2)3)11-14(4)5/h13-14H,7-12,16H2,1-6H3. The van der Waals surface area contributed by atoms with E-state index in [4.69, 9.17) is 5.73 Å². The van der Waals surface area contributed by atoms with Crippen molar-refractivity contribution in [3.63, 3.8) is 0 Å². The summed E-state index contributed by atoms with van der Waals surface area (Å²) in [5.74, 6) is 1.42. The molecule has 0 aliphatic heterocycles. The lowest BCUT2D eigenvalue weighted by molar-refractivity contribution is 0.0769. The van der Waals surface area contributed by atoms with Crippen molar-refractivity contribution in [3.8, 4) is 0 Å². The molecule has 2 nitrogen and oxygen atoms in total. The molecule has 0 aromatic heterocycles. The van der Waals surface area contributed by atoms with Crippen molar-refractivity contribution >= 4 is 0 Å². The van der Waals surface area contributed by atoms with Gasteiger partial charge in [0, 0.05) is 12.1 Å². The molecule has 17 heavy (non-hydrogen) atoms.